The van der Waals surface area contributed by atoms with Crippen molar-refractivity contribution in [3.8, 4) is 0 Å². The predicted octanol–water partition coefficient (Wildman–Crippen LogP) is 11.6. The van der Waals surface area contributed by atoms with Gasteiger partial charge in [-0.3, -0.25) is 0 Å². The molecule has 0 amide bonds. The molecule has 2 aromatic carbocycles. The van der Waals surface area contributed by atoms with Crippen molar-refractivity contribution >= 4 is 57.4 Å². The van der Waals surface area contributed by atoms with Crippen molar-refractivity contribution in [1.82, 2.24) is 0 Å². The molecule has 0 aliphatic heterocycles. The van der Waals surface area contributed by atoms with Gasteiger partial charge in [-0.2, -0.15) is 13.5 Å². The molecule has 0 saturated heterocycles. The Hall–Kier alpha value is 0.387. The Kier molecular flexibility index (Phi) is 25.2. The summed E-state index contributed by atoms with van der Waals surface area (Å²) in [6, 6.07) is 23.3. The third-order valence-corrected chi connectivity index (χ3v) is 40.2. The minimum absolute atomic E-state index is 0. The SMILES string of the molecule is CCC[CH2][Sn]([CH2]CCC)([CH2]CCC)[c]1ccccc1.CCC[CH2][Sn]([CH2]CCC)([CH2]CCC)[c]1ccccc1.S. The van der Waals surface area contributed by atoms with E-state index in [-0.39, 0.29) is 13.5 Å². The van der Waals surface area contributed by atoms with Gasteiger partial charge in [0.25, 0.3) is 0 Å². The molecule has 2 aromatic rings. The van der Waals surface area contributed by atoms with E-state index >= 15 is 0 Å². The summed E-state index contributed by atoms with van der Waals surface area (Å²) in [5, 5.41) is 0. The molecule has 39 heavy (non-hydrogen) atoms. The first-order valence-corrected chi connectivity index (χ1v) is 31.6. The third-order valence-electron chi connectivity index (χ3n) is 8.83. The molecule has 0 aromatic heterocycles. The maximum absolute atomic E-state index is 2.46. The minimum Gasteiger partial charge on any atom is -0.197 e. The van der Waals surface area contributed by atoms with Crippen LogP contribution in [0.25, 0.3) is 0 Å². The summed E-state index contributed by atoms with van der Waals surface area (Å²) in [4.78, 5) is 0. The van der Waals surface area contributed by atoms with Gasteiger partial charge in [-0.05, 0) is 0 Å². The molecule has 0 spiro atoms. The Morgan fingerprint density at radius 2 is 0.564 bits per heavy atom. The molecule has 0 aliphatic carbocycles. The maximum Gasteiger partial charge on any atom is -0.197 e. The number of unbranched alkanes of at least 4 members (excludes halogenated alkanes) is 6. The minimum atomic E-state index is -2.10. The van der Waals surface area contributed by atoms with E-state index in [2.05, 4.69) is 102 Å². The third kappa shape index (κ3) is 14.9. The van der Waals surface area contributed by atoms with E-state index in [4.69, 9.17) is 0 Å². The number of rotatable bonds is 20. The summed E-state index contributed by atoms with van der Waals surface area (Å²) in [6.07, 6.45) is 16.9. The Labute approximate surface area is 261 Å². The number of hydrogen-bond donors (Lipinski definition) is 0. The molecule has 0 aliphatic rings. The molecule has 224 valence electrons. The second-order valence-electron chi connectivity index (χ2n) is 11.9. The van der Waals surface area contributed by atoms with Crippen LogP contribution in [0.2, 0.25) is 26.6 Å². The largest absolute Gasteiger partial charge is 0.197 e. The smallest absolute Gasteiger partial charge is 0.197 e. The second-order valence-corrected chi connectivity index (χ2v) is 38.4. The number of hydrogen-bond acceptors (Lipinski definition) is 0. The summed E-state index contributed by atoms with van der Waals surface area (Å²) >= 11 is -4.19. The summed E-state index contributed by atoms with van der Waals surface area (Å²) in [5.41, 5.74) is 0. The van der Waals surface area contributed by atoms with Gasteiger partial charge >= 0.3 is 250 Å². The Morgan fingerprint density at radius 3 is 0.744 bits per heavy atom. The summed E-state index contributed by atoms with van der Waals surface area (Å²) in [7, 11) is 0. The molecule has 0 saturated carbocycles. The maximum atomic E-state index is 2.46. The van der Waals surface area contributed by atoms with Gasteiger partial charge in [0, 0.05) is 0 Å². The van der Waals surface area contributed by atoms with Crippen LogP contribution in [0.4, 0.5) is 0 Å². The van der Waals surface area contributed by atoms with Crippen LogP contribution in [0.3, 0.4) is 0 Å². The average Bonchev–Trinajstić information content (AvgIpc) is 2.98. The Bertz CT molecular complexity index is 666. The fraction of sp³-hybridized carbons (Fsp3) is 0.667. The fourth-order valence-corrected chi connectivity index (χ4v) is 38.3. The zero-order valence-corrected chi connectivity index (χ0v) is 33.7. The first-order valence-electron chi connectivity index (χ1n) is 16.7. The normalized spacial score (nSPS) is 11.4. The summed E-state index contributed by atoms with van der Waals surface area (Å²) < 4.78 is 13.1. The van der Waals surface area contributed by atoms with Crippen LogP contribution in [0, 0.1) is 0 Å². The molecule has 0 bridgehead atoms. The molecule has 0 atom stereocenters. The summed E-state index contributed by atoms with van der Waals surface area (Å²) in [5.74, 6) is 0. The zero-order chi connectivity index (χ0) is 28.0. The molecule has 3 heteroatoms. The Balaban J connectivity index is 0.000000722. The molecular formula is C36H66SSn2. The van der Waals surface area contributed by atoms with Crippen molar-refractivity contribution in [1.29, 1.82) is 0 Å². The van der Waals surface area contributed by atoms with Crippen molar-refractivity contribution in [2.75, 3.05) is 0 Å². The van der Waals surface area contributed by atoms with Crippen LogP contribution in [0.15, 0.2) is 60.7 Å². The quantitative estimate of drug-likeness (QED) is 0.118. The predicted molar refractivity (Wildman–Crippen MR) is 192 cm³/mol. The van der Waals surface area contributed by atoms with Gasteiger partial charge in [-0.25, -0.2) is 0 Å². The van der Waals surface area contributed by atoms with Crippen LogP contribution in [-0.2, 0) is 0 Å². The molecule has 2 rings (SSSR count). The van der Waals surface area contributed by atoms with Crippen LogP contribution in [0.1, 0.15) is 119 Å². The summed E-state index contributed by atoms with van der Waals surface area (Å²) in [6.45, 7) is 14.1. The van der Waals surface area contributed by atoms with Crippen molar-refractivity contribution < 1.29 is 0 Å². The standard InChI is InChI=1S/2C6H5.6C4H9.H2S.2Sn/c2*1-2-4-6-5-3-1;6*1-3-4-2;;;/h2*1-5H;6*1,3-4H2,2H3;1H2;;. The van der Waals surface area contributed by atoms with Crippen LogP contribution in [0.5, 0.6) is 0 Å². The van der Waals surface area contributed by atoms with E-state index in [1.807, 2.05) is 0 Å². The van der Waals surface area contributed by atoms with Gasteiger partial charge < -0.3 is 0 Å². The molecular weight excluding hydrogens is 702 g/mol. The number of benzene rings is 2. The van der Waals surface area contributed by atoms with Crippen molar-refractivity contribution in [3.05, 3.63) is 60.7 Å². The van der Waals surface area contributed by atoms with Gasteiger partial charge in [0.1, 0.15) is 0 Å². The molecule has 0 unspecified atom stereocenters. The van der Waals surface area contributed by atoms with E-state index in [9.17, 15) is 0 Å². The van der Waals surface area contributed by atoms with Gasteiger partial charge in [0.05, 0.1) is 0 Å². The van der Waals surface area contributed by atoms with E-state index in [1.54, 1.807) is 33.8 Å². The van der Waals surface area contributed by atoms with Crippen LogP contribution in [-0.4, -0.2) is 36.8 Å². The van der Waals surface area contributed by atoms with Gasteiger partial charge in [0.2, 0.25) is 0 Å². The second kappa shape index (κ2) is 24.9. The van der Waals surface area contributed by atoms with Gasteiger partial charge in [-0.1, -0.05) is 0 Å². The van der Waals surface area contributed by atoms with Gasteiger partial charge in [0.15, 0.2) is 0 Å². The first-order chi connectivity index (χ1) is 18.6. The van der Waals surface area contributed by atoms with Crippen molar-refractivity contribution in [2.45, 2.75) is 145 Å². The first kappa shape index (κ1) is 39.4. The molecule has 0 radical (unpaired) electrons. The molecule has 0 heterocycles. The van der Waals surface area contributed by atoms with Gasteiger partial charge in [-0.15, -0.1) is 0 Å². The molecule has 0 N–H and O–H groups in total. The van der Waals surface area contributed by atoms with E-state index in [1.165, 1.54) is 77.0 Å². The molecule has 0 fully saturated rings. The average molecular weight is 768 g/mol. The zero-order valence-electron chi connectivity index (χ0n) is 27.0. The monoisotopic (exact) mass is 770 g/mol. The Morgan fingerprint density at radius 1 is 0.359 bits per heavy atom. The fourth-order valence-electron chi connectivity index (χ4n) is 6.29. The van der Waals surface area contributed by atoms with Crippen molar-refractivity contribution in [2.24, 2.45) is 0 Å². The molecule has 0 nitrogen and oxygen atoms in total. The van der Waals surface area contributed by atoms with E-state index in [0.717, 1.165) is 0 Å². The van der Waals surface area contributed by atoms with Crippen LogP contribution >= 0.6 is 13.5 Å². The van der Waals surface area contributed by atoms with E-state index in [0.29, 0.717) is 0 Å². The van der Waals surface area contributed by atoms with E-state index < -0.39 is 36.8 Å². The van der Waals surface area contributed by atoms with Crippen molar-refractivity contribution in [3.63, 3.8) is 0 Å². The van der Waals surface area contributed by atoms with Crippen LogP contribution < -0.4 is 7.16 Å². The topological polar surface area (TPSA) is 0 Å².